The van der Waals surface area contributed by atoms with Crippen molar-refractivity contribution in [1.29, 1.82) is 0 Å². The van der Waals surface area contributed by atoms with Crippen molar-refractivity contribution in [3.8, 4) is 0 Å². The van der Waals surface area contributed by atoms with Gasteiger partial charge in [0.25, 0.3) is 0 Å². The molecule has 0 bridgehead atoms. The fourth-order valence-corrected chi connectivity index (χ4v) is 3.73. The fraction of sp³-hybridized carbons (Fsp3) is 0.611. The predicted molar refractivity (Wildman–Crippen MR) is 86.6 cm³/mol. The van der Waals surface area contributed by atoms with Crippen LogP contribution in [-0.2, 0) is 6.42 Å². The van der Waals surface area contributed by atoms with Crippen LogP contribution in [0.25, 0.3) is 0 Å². The van der Waals surface area contributed by atoms with E-state index in [0.29, 0.717) is 5.92 Å². The van der Waals surface area contributed by atoms with Gasteiger partial charge in [0.1, 0.15) is 0 Å². The second-order valence-corrected chi connectivity index (χ2v) is 6.82. The van der Waals surface area contributed by atoms with Gasteiger partial charge in [-0.05, 0) is 55.6 Å². The van der Waals surface area contributed by atoms with Gasteiger partial charge in [-0.1, -0.05) is 31.2 Å². The van der Waals surface area contributed by atoms with Gasteiger partial charge in [-0.3, -0.25) is 0 Å². The second-order valence-electron chi connectivity index (χ2n) is 6.82. The van der Waals surface area contributed by atoms with Gasteiger partial charge in [0.05, 0.1) is 12.1 Å². The molecule has 0 aliphatic heterocycles. The van der Waals surface area contributed by atoms with Crippen molar-refractivity contribution in [3.63, 3.8) is 0 Å². The first-order chi connectivity index (χ1) is 10.6. The first-order valence-electron chi connectivity index (χ1n) is 8.46. The zero-order valence-electron chi connectivity index (χ0n) is 13.2. The summed E-state index contributed by atoms with van der Waals surface area (Å²) >= 11 is 0. The van der Waals surface area contributed by atoms with Crippen molar-refractivity contribution in [2.45, 2.75) is 63.6 Å². The highest BCUT2D eigenvalue weighted by Gasteiger charge is 2.28. The van der Waals surface area contributed by atoms with Crippen LogP contribution in [0.15, 0.2) is 24.3 Å². The molecular formula is C18H26N2O2. The van der Waals surface area contributed by atoms with E-state index in [0.717, 1.165) is 38.5 Å². The van der Waals surface area contributed by atoms with Crippen LogP contribution in [0.4, 0.5) is 4.79 Å². The smallest absolute Gasteiger partial charge is 0.315 e. The van der Waals surface area contributed by atoms with E-state index in [9.17, 15) is 9.90 Å². The van der Waals surface area contributed by atoms with Crippen LogP contribution in [0.1, 0.15) is 56.2 Å². The summed E-state index contributed by atoms with van der Waals surface area (Å²) in [6, 6.07) is 8.63. The van der Waals surface area contributed by atoms with E-state index in [1.807, 2.05) is 6.07 Å². The van der Waals surface area contributed by atoms with E-state index in [1.165, 1.54) is 11.1 Å². The molecule has 4 nitrogen and oxygen atoms in total. The van der Waals surface area contributed by atoms with Gasteiger partial charge in [0.2, 0.25) is 0 Å². The van der Waals surface area contributed by atoms with Crippen LogP contribution in [0.5, 0.6) is 0 Å². The van der Waals surface area contributed by atoms with Crippen LogP contribution in [-0.4, -0.2) is 23.3 Å². The third kappa shape index (κ3) is 3.43. The lowest BCUT2D eigenvalue weighted by Gasteiger charge is -2.33. The molecular weight excluding hydrogens is 276 g/mol. The SMILES string of the molecule is CC1CCc2ccccc2C1NC(=O)NC1CCC(O)CC1. The predicted octanol–water partition coefficient (Wildman–Crippen LogP) is 2.91. The lowest BCUT2D eigenvalue weighted by atomic mass is 9.81. The van der Waals surface area contributed by atoms with Gasteiger partial charge >= 0.3 is 6.03 Å². The molecule has 0 spiro atoms. The van der Waals surface area contributed by atoms with Crippen molar-refractivity contribution in [1.82, 2.24) is 10.6 Å². The monoisotopic (exact) mass is 302 g/mol. The van der Waals surface area contributed by atoms with Crippen molar-refractivity contribution in [2.75, 3.05) is 0 Å². The second kappa shape index (κ2) is 6.69. The number of urea groups is 1. The van der Waals surface area contributed by atoms with Crippen LogP contribution in [0, 0.1) is 5.92 Å². The third-order valence-corrected chi connectivity index (χ3v) is 5.15. The summed E-state index contributed by atoms with van der Waals surface area (Å²) in [6.45, 7) is 2.21. The number of aliphatic hydroxyl groups excluding tert-OH is 1. The molecule has 3 N–H and O–H groups in total. The summed E-state index contributed by atoms with van der Waals surface area (Å²) in [4.78, 5) is 12.3. The molecule has 0 radical (unpaired) electrons. The lowest BCUT2D eigenvalue weighted by Crippen LogP contribution is -2.47. The van der Waals surface area contributed by atoms with Crippen molar-refractivity contribution >= 4 is 6.03 Å². The number of hydrogen-bond donors (Lipinski definition) is 3. The summed E-state index contributed by atoms with van der Waals surface area (Å²) in [7, 11) is 0. The zero-order valence-corrected chi connectivity index (χ0v) is 13.2. The highest BCUT2D eigenvalue weighted by atomic mass is 16.3. The Hall–Kier alpha value is -1.55. The molecule has 1 saturated carbocycles. The van der Waals surface area contributed by atoms with E-state index < -0.39 is 0 Å². The molecule has 4 heteroatoms. The molecule has 22 heavy (non-hydrogen) atoms. The molecule has 0 heterocycles. The minimum Gasteiger partial charge on any atom is -0.393 e. The van der Waals surface area contributed by atoms with E-state index in [-0.39, 0.29) is 24.2 Å². The number of nitrogens with one attached hydrogen (secondary N) is 2. The standard InChI is InChI=1S/C18H26N2O2/c1-12-6-7-13-4-2-3-5-16(13)17(12)20-18(22)19-14-8-10-15(21)11-9-14/h2-5,12,14-15,17,21H,6-11H2,1H3,(H2,19,20,22). The third-order valence-electron chi connectivity index (χ3n) is 5.15. The molecule has 1 aromatic carbocycles. The number of carbonyl (C=O) groups is 1. The molecule has 120 valence electrons. The molecule has 2 atom stereocenters. The number of aliphatic hydroxyl groups is 1. The van der Waals surface area contributed by atoms with E-state index in [4.69, 9.17) is 0 Å². The number of carbonyl (C=O) groups excluding carboxylic acids is 1. The normalized spacial score (nSPS) is 31.2. The number of aryl methyl sites for hydroxylation is 1. The Kier molecular flexibility index (Phi) is 4.67. The van der Waals surface area contributed by atoms with Crippen LogP contribution in [0.2, 0.25) is 0 Å². The van der Waals surface area contributed by atoms with Crippen LogP contribution >= 0.6 is 0 Å². The number of fused-ring (bicyclic) bond motifs is 1. The van der Waals surface area contributed by atoms with Crippen LogP contribution in [0.3, 0.4) is 0 Å². The number of benzene rings is 1. The lowest BCUT2D eigenvalue weighted by molar-refractivity contribution is 0.117. The van der Waals surface area contributed by atoms with Gasteiger partial charge in [-0.2, -0.15) is 0 Å². The quantitative estimate of drug-likeness (QED) is 0.786. The minimum absolute atomic E-state index is 0.0741. The molecule has 0 saturated heterocycles. The summed E-state index contributed by atoms with van der Waals surface area (Å²) < 4.78 is 0. The largest absolute Gasteiger partial charge is 0.393 e. The maximum Gasteiger partial charge on any atom is 0.315 e. The summed E-state index contributed by atoms with van der Waals surface area (Å²) in [6.07, 6.45) is 5.32. The average Bonchev–Trinajstić information content (AvgIpc) is 2.52. The van der Waals surface area contributed by atoms with E-state index >= 15 is 0 Å². The molecule has 1 aromatic rings. The molecule has 0 aromatic heterocycles. The average molecular weight is 302 g/mol. The van der Waals surface area contributed by atoms with Gasteiger partial charge in [0, 0.05) is 6.04 Å². The van der Waals surface area contributed by atoms with Crippen molar-refractivity contribution in [3.05, 3.63) is 35.4 Å². The zero-order chi connectivity index (χ0) is 15.5. The fourth-order valence-electron chi connectivity index (χ4n) is 3.73. The summed E-state index contributed by atoms with van der Waals surface area (Å²) in [5.41, 5.74) is 2.61. The maximum absolute atomic E-state index is 12.3. The maximum atomic E-state index is 12.3. The van der Waals surface area contributed by atoms with Gasteiger partial charge in [-0.25, -0.2) is 4.79 Å². The Labute approximate surface area is 132 Å². The highest BCUT2D eigenvalue weighted by molar-refractivity contribution is 5.75. The molecule has 3 rings (SSSR count). The van der Waals surface area contributed by atoms with E-state index in [1.54, 1.807) is 0 Å². The van der Waals surface area contributed by atoms with Gasteiger partial charge < -0.3 is 15.7 Å². The molecule has 2 unspecified atom stereocenters. The number of amides is 2. The topological polar surface area (TPSA) is 61.4 Å². The first-order valence-corrected chi connectivity index (χ1v) is 8.46. The Morgan fingerprint density at radius 1 is 1.09 bits per heavy atom. The van der Waals surface area contributed by atoms with Crippen LogP contribution < -0.4 is 10.6 Å². The Morgan fingerprint density at radius 3 is 2.59 bits per heavy atom. The number of hydrogen-bond acceptors (Lipinski definition) is 2. The first kappa shape index (κ1) is 15.3. The van der Waals surface area contributed by atoms with Gasteiger partial charge in [0.15, 0.2) is 0 Å². The summed E-state index contributed by atoms with van der Waals surface area (Å²) in [5.74, 6) is 0.453. The Bertz CT molecular complexity index is 524. The minimum atomic E-state index is -0.189. The Balaban J connectivity index is 1.61. The van der Waals surface area contributed by atoms with Crippen molar-refractivity contribution < 1.29 is 9.90 Å². The van der Waals surface area contributed by atoms with E-state index in [2.05, 4.69) is 35.8 Å². The van der Waals surface area contributed by atoms with Gasteiger partial charge in [-0.15, -0.1) is 0 Å². The highest BCUT2D eigenvalue weighted by Crippen LogP contribution is 2.34. The molecule has 1 fully saturated rings. The molecule has 2 amide bonds. The number of rotatable bonds is 2. The molecule has 2 aliphatic rings. The molecule has 2 aliphatic carbocycles. The van der Waals surface area contributed by atoms with Crippen molar-refractivity contribution in [2.24, 2.45) is 5.92 Å². The summed E-state index contributed by atoms with van der Waals surface area (Å²) in [5, 5.41) is 15.8. The Morgan fingerprint density at radius 2 is 1.82 bits per heavy atom.